The van der Waals surface area contributed by atoms with Gasteiger partial charge in [-0.05, 0) is 38.5 Å². The van der Waals surface area contributed by atoms with Crippen molar-refractivity contribution in [1.29, 1.82) is 0 Å². The van der Waals surface area contributed by atoms with Crippen molar-refractivity contribution in [3.05, 3.63) is 63.4 Å². The van der Waals surface area contributed by atoms with Gasteiger partial charge in [0.05, 0.1) is 21.4 Å². The highest BCUT2D eigenvalue weighted by Crippen LogP contribution is 2.21. The summed E-state index contributed by atoms with van der Waals surface area (Å²) in [6.45, 7) is 4.97. The van der Waals surface area contributed by atoms with E-state index in [2.05, 4.69) is 15.5 Å². The van der Waals surface area contributed by atoms with E-state index in [1.54, 1.807) is 12.3 Å². The molecular weight excluding hydrogens is 420 g/mol. The van der Waals surface area contributed by atoms with Crippen LogP contribution in [0.3, 0.4) is 0 Å². The van der Waals surface area contributed by atoms with Crippen LogP contribution in [0.5, 0.6) is 5.75 Å². The molecule has 3 aromatic rings. The molecule has 0 spiro atoms. The molecule has 0 saturated heterocycles. The molecule has 3 rings (SSSR count). The second-order valence-electron chi connectivity index (χ2n) is 6.41. The van der Waals surface area contributed by atoms with Crippen LogP contribution in [0.2, 0.25) is 10.0 Å². The van der Waals surface area contributed by atoms with Crippen LogP contribution in [0.4, 0.5) is 4.39 Å². The summed E-state index contributed by atoms with van der Waals surface area (Å²) >= 11 is 11.8. The number of aryl methyl sites for hydroxylation is 2. The first-order chi connectivity index (χ1) is 13.8. The topological polar surface area (TPSA) is 74.0 Å². The first-order valence-electron chi connectivity index (χ1n) is 8.94. The van der Waals surface area contributed by atoms with E-state index in [1.807, 2.05) is 18.5 Å². The molecular formula is C19H20Cl2FN5O2. The van der Waals surface area contributed by atoms with Gasteiger partial charge in [-0.3, -0.25) is 9.48 Å². The van der Waals surface area contributed by atoms with Gasteiger partial charge in [0.1, 0.15) is 17.3 Å². The minimum atomic E-state index is -0.516. The second kappa shape index (κ2) is 9.28. The molecule has 0 bridgehead atoms. The van der Waals surface area contributed by atoms with Crippen LogP contribution >= 0.6 is 23.2 Å². The van der Waals surface area contributed by atoms with Crippen molar-refractivity contribution in [2.24, 2.45) is 0 Å². The number of ether oxygens (including phenoxy) is 1. The fraction of sp³-hybridized carbons (Fsp3) is 0.316. The van der Waals surface area contributed by atoms with E-state index in [0.29, 0.717) is 30.3 Å². The molecule has 0 aliphatic carbocycles. The molecule has 0 fully saturated rings. The van der Waals surface area contributed by atoms with E-state index >= 15 is 0 Å². The smallest absolute Gasteiger partial charge is 0.271 e. The second-order valence-corrected chi connectivity index (χ2v) is 7.19. The Kier molecular flexibility index (Phi) is 6.76. The number of carbonyl (C=O) groups excluding carboxylic acids is 1. The average Bonchev–Trinajstić information content (AvgIpc) is 3.27. The molecule has 154 valence electrons. The van der Waals surface area contributed by atoms with Crippen LogP contribution in [0.15, 0.2) is 30.5 Å². The maximum Gasteiger partial charge on any atom is 0.271 e. The number of rotatable bonds is 8. The van der Waals surface area contributed by atoms with Crippen molar-refractivity contribution in [1.82, 2.24) is 24.9 Å². The molecule has 10 heteroatoms. The molecule has 1 amide bonds. The molecule has 0 aliphatic rings. The summed E-state index contributed by atoms with van der Waals surface area (Å²) in [6.07, 6.45) is 2.33. The predicted molar refractivity (Wildman–Crippen MR) is 108 cm³/mol. The van der Waals surface area contributed by atoms with Gasteiger partial charge in [0.2, 0.25) is 0 Å². The molecule has 7 nitrogen and oxygen atoms in total. The number of benzene rings is 1. The lowest BCUT2D eigenvalue weighted by Gasteiger charge is -2.07. The monoisotopic (exact) mass is 439 g/mol. The summed E-state index contributed by atoms with van der Waals surface area (Å²) in [7, 11) is 0. The molecule has 0 atom stereocenters. The van der Waals surface area contributed by atoms with Gasteiger partial charge in [0.15, 0.2) is 6.73 Å². The zero-order chi connectivity index (χ0) is 21.0. The number of amides is 1. The highest BCUT2D eigenvalue weighted by molar-refractivity contribution is 6.31. The molecule has 2 aromatic heterocycles. The van der Waals surface area contributed by atoms with E-state index in [-0.39, 0.29) is 23.4 Å². The van der Waals surface area contributed by atoms with Crippen molar-refractivity contribution in [3.8, 4) is 5.75 Å². The number of carbonyl (C=O) groups is 1. The normalized spacial score (nSPS) is 10.9. The Morgan fingerprint density at radius 1 is 1.24 bits per heavy atom. The fourth-order valence-corrected chi connectivity index (χ4v) is 2.98. The van der Waals surface area contributed by atoms with Crippen molar-refractivity contribution in [2.45, 2.75) is 33.5 Å². The Bertz CT molecular complexity index is 1020. The van der Waals surface area contributed by atoms with Crippen LogP contribution in [-0.2, 0) is 13.3 Å². The standard InChI is InChI=1S/C19H20Cl2FN5O2/c1-12-18(21)13(2)27(24-12)8-3-7-23-19(28)17-6-9-26(25-17)11-29-14-4-5-16(22)15(20)10-14/h4-6,9-10H,3,7-8,11H2,1-2H3,(H,23,28). The lowest BCUT2D eigenvalue weighted by atomic mass is 10.3. The summed E-state index contributed by atoms with van der Waals surface area (Å²) in [5.74, 6) is -0.389. The Labute approximate surface area is 177 Å². The highest BCUT2D eigenvalue weighted by Gasteiger charge is 2.11. The largest absolute Gasteiger partial charge is 0.471 e. The minimum Gasteiger partial charge on any atom is -0.471 e. The molecule has 1 N–H and O–H groups in total. The third-order valence-corrected chi connectivity index (χ3v) is 5.09. The van der Waals surface area contributed by atoms with Gasteiger partial charge in [0, 0.05) is 25.4 Å². The predicted octanol–water partition coefficient (Wildman–Crippen LogP) is 4.00. The molecule has 0 unspecified atom stereocenters. The summed E-state index contributed by atoms with van der Waals surface area (Å²) < 4.78 is 21.9. The van der Waals surface area contributed by atoms with E-state index in [1.165, 1.54) is 22.9 Å². The number of nitrogens with zero attached hydrogens (tertiary/aromatic N) is 4. The Morgan fingerprint density at radius 2 is 2.03 bits per heavy atom. The van der Waals surface area contributed by atoms with Crippen molar-refractivity contribution in [2.75, 3.05) is 6.54 Å². The zero-order valence-corrected chi connectivity index (χ0v) is 17.5. The van der Waals surface area contributed by atoms with E-state index in [0.717, 1.165) is 11.4 Å². The van der Waals surface area contributed by atoms with Gasteiger partial charge in [-0.25, -0.2) is 9.07 Å². The number of hydrogen-bond acceptors (Lipinski definition) is 4. The zero-order valence-electron chi connectivity index (χ0n) is 16.0. The summed E-state index contributed by atoms with van der Waals surface area (Å²) in [6, 6.07) is 5.66. The first kappa shape index (κ1) is 21.1. The van der Waals surface area contributed by atoms with E-state index in [4.69, 9.17) is 27.9 Å². The van der Waals surface area contributed by atoms with Gasteiger partial charge in [-0.2, -0.15) is 10.2 Å². The minimum absolute atomic E-state index is 0.0224. The van der Waals surface area contributed by atoms with Crippen LogP contribution in [-0.4, -0.2) is 32.0 Å². The van der Waals surface area contributed by atoms with Gasteiger partial charge in [-0.1, -0.05) is 23.2 Å². The maximum absolute atomic E-state index is 13.2. The third kappa shape index (κ3) is 5.27. The quantitative estimate of drug-likeness (QED) is 0.538. The Hall–Kier alpha value is -2.58. The number of nitrogens with one attached hydrogen (secondary N) is 1. The Morgan fingerprint density at radius 3 is 2.72 bits per heavy atom. The van der Waals surface area contributed by atoms with Crippen molar-refractivity contribution in [3.63, 3.8) is 0 Å². The molecule has 29 heavy (non-hydrogen) atoms. The average molecular weight is 440 g/mol. The van der Waals surface area contributed by atoms with Crippen LogP contribution in [0.25, 0.3) is 0 Å². The van der Waals surface area contributed by atoms with Crippen molar-refractivity contribution >= 4 is 29.1 Å². The van der Waals surface area contributed by atoms with Gasteiger partial charge in [-0.15, -0.1) is 0 Å². The fourth-order valence-electron chi connectivity index (χ4n) is 2.68. The van der Waals surface area contributed by atoms with Gasteiger partial charge in [0.25, 0.3) is 5.91 Å². The molecule has 0 radical (unpaired) electrons. The summed E-state index contributed by atoms with van der Waals surface area (Å²) in [5, 5.41) is 12.0. The molecule has 2 heterocycles. The van der Waals surface area contributed by atoms with Crippen LogP contribution in [0, 0.1) is 19.7 Å². The summed E-state index contributed by atoms with van der Waals surface area (Å²) in [5.41, 5.74) is 1.99. The molecule has 0 saturated carbocycles. The van der Waals surface area contributed by atoms with Crippen LogP contribution < -0.4 is 10.1 Å². The number of halogens is 3. The number of aromatic nitrogens is 4. The first-order valence-corrected chi connectivity index (χ1v) is 9.69. The summed E-state index contributed by atoms with van der Waals surface area (Å²) in [4.78, 5) is 12.2. The van der Waals surface area contributed by atoms with E-state index < -0.39 is 5.82 Å². The highest BCUT2D eigenvalue weighted by atomic mass is 35.5. The SMILES string of the molecule is Cc1nn(CCCNC(=O)c2ccn(COc3ccc(F)c(Cl)c3)n2)c(C)c1Cl. The third-order valence-electron chi connectivity index (χ3n) is 4.25. The van der Waals surface area contributed by atoms with Gasteiger partial charge >= 0.3 is 0 Å². The molecule has 1 aromatic carbocycles. The van der Waals surface area contributed by atoms with Crippen molar-refractivity contribution < 1.29 is 13.9 Å². The Balaban J connectivity index is 1.45. The maximum atomic E-state index is 13.2. The molecule has 0 aliphatic heterocycles. The number of hydrogen-bond donors (Lipinski definition) is 1. The van der Waals surface area contributed by atoms with Crippen LogP contribution in [0.1, 0.15) is 28.3 Å². The van der Waals surface area contributed by atoms with Gasteiger partial charge < -0.3 is 10.1 Å². The lowest BCUT2D eigenvalue weighted by molar-refractivity contribution is 0.0945. The lowest BCUT2D eigenvalue weighted by Crippen LogP contribution is -2.26. The van der Waals surface area contributed by atoms with E-state index in [9.17, 15) is 9.18 Å².